The second-order valence-corrected chi connectivity index (χ2v) is 7.69. The number of aromatic nitrogens is 4. The number of para-hydroxylation sites is 2. The van der Waals surface area contributed by atoms with Gasteiger partial charge in [-0.3, -0.25) is 9.89 Å². The van der Waals surface area contributed by atoms with Gasteiger partial charge < -0.3 is 19.8 Å². The molecule has 34 heavy (non-hydrogen) atoms. The molecule has 0 fully saturated rings. The van der Waals surface area contributed by atoms with Crippen LogP contribution in [0.1, 0.15) is 27.9 Å². The summed E-state index contributed by atoms with van der Waals surface area (Å²) >= 11 is 0. The van der Waals surface area contributed by atoms with E-state index in [9.17, 15) is 4.79 Å². The normalized spacial score (nSPS) is 11.8. The molecule has 1 atom stereocenters. The summed E-state index contributed by atoms with van der Waals surface area (Å²) in [7, 11) is 3.16. The number of carbonyl (C=O) groups excluding carboxylic acids is 1. The van der Waals surface area contributed by atoms with E-state index in [1.807, 2.05) is 66.7 Å². The third-order valence-electron chi connectivity index (χ3n) is 5.59. The zero-order chi connectivity index (χ0) is 23.5. The molecule has 0 bridgehead atoms. The van der Waals surface area contributed by atoms with Gasteiger partial charge in [0.25, 0.3) is 5.91 Å². The maximum absolute atomic E-state index is 13.2. The molecule has 0 radical (unpaired) electrons. The number of carbonyl (C=O) groups is 1. The number of nitrogens with one attached hydrogen (secondary N) is 3. The molecule has 8 nitrogen and oxygen atoms in total. The number of fused-ring (bicyclic) bond motifs is 1. The molecule has 2 heterocycles. The molecule has 3 N–H and O–H groups in total. The van der Waals surface area contributed by atoms with Crippen molar-refractivity contribution in [2.45, 2.75) is 6.04 Å². The van der Waals surface area contributed by atoms with Crippen molar-refractivity contribution in [1.82, 2.24) is 25.5 Å². The maximum atomic E-state index is 13.2. The molecule has 0 aliphatic carbocycles. The van der Waals surface area contributed by atoms with Crippen molar-refractivity contribution < 1.29 is 14.3 Å². The molecule has 1 amide bonds. The Balaban J connectivity index is 1.44. The van der Waals surface area contributed by atoms with Gasteiger partial charge in [-0.2, -0.15) is 5.10 Å². The molecule has 0 aliphatic rings. The van der Waals surface area contributed by atoms with E-state index in [1.165, 1.54) is 0 Å². The lowest BCUT2D eigenvalue weighted by Gasteiger charge is -2.16. The van der Waals surface area contributed by atoms with Gasteiger partial charge >= 0.3 is 0 Å². The van der Waals surface area contributed by atoms with Crippen LogP contribution in [-0.2, 0) is 0 Å². The maximum Gasteiger partial charge on any atom is 0.270 e. The number of aromatic amines is 2. The van der Waals surface area contributed by atoms with Crippen LogP contribution >= 0.6 is 0 Å². The van der Waals surface area contributed by atoms with Gasteiger partial charge in [0, 0.05) is 5.56 Å². The van der Waals surface area contributed by atoms with Crippen LogP contribution in [0.2, 0.25) is 0 Å². The highest BCUT2D eigenvalue weighted by Gasteiger charge is 2.22. The summed E-state index contributed by atoms with van der Waals surface area (Å²) in [6, 6.07) is 24.2. The number of nitrogens with zero attached hydrogens (tertiary/aromatic N) is 2. The van der Waals surface area contributed by atoms with Crippen molar-refractivity contribution in [2.24, 2.45) is 0 Å². The van der Waals surface area contributed by atoms with E-state index < -0.39 is 6.04 Å². The number of hydrogen-bond acceptors (Lipinski definition) is 5. The molecule has 170 valence electrons. The quantitative estimate of drug-likeness (QED) is 0.337. The molecule has 5 aromatic rings. The number of methoxy groups -OCH3 is 2. The van der Waals surface area contributed by atoms with Crippen LogP contribution in [0.5, 0.6) is 11.5 Å². The summed E-state index contributed by atoms with van der Waals surface area (Å²) in [5.74, 6) is 1.56. The largest absolute Gasteiger partial charge is 0.493 e. The summed E-state index contributed by atoms with van der Waals surface area (Å²) in [5, 5.41) is 10.2. The summed E-state index contributed by atoms with van der Waals surface area (Å²) in [6.07, 6.45) is 0. The second kappa shape index (κ2) is 9.11. The molecule has 0 unspecified atom stereocenters. The van der Waals surface area contributed by atoms with Gasteiger partial charge in [-0.05, 0) is 42.0 Å². The third kappa shape index (κ3) is 4.09. The highest BCUT2D eigenvalue weighted by molar-refractivity contribution is 5.94. The van der Waals surface area contributed by atoms with E-state index in [0.717, 1.165) is 22.2 Å². The number of benzene rings is 3. The van der Waals surface area contributed by atoms with Crippen LogP contribution in [0.4, 0.5) is 0 Å². The summed E-state index contributed by atoms with van der Waals surface area (Å²) in [6.45, 7) is 0. The number of amides is 1. The first kappa shape index (κ1) is 21.3. The van der Waals surface area contributed by atoms with Crippen molar-refractivity contribution in [3.05, 3.63) is 95.9 Å². The topological polar surface area (TPSA) is 105 Å². The lowest BCUT2D eigenvalue weighted by atomic mass is 10.1. The Morgan fingerprint density at radius 3 is 2.44 bits per heavy atom. The van der Waals surface area contributed by atoms with Gasteiger partial charge in [0.15, 0.2) is 11.5 Å². The average Bonchev–Trinajstić information content (AvgIpc) is 3.55. The van der Waals surface area contributed by atoms with E-state index >= 15 is 0 Å². The fourth-order valence-corrected chi connectivity index (χ4v) is 3.85. The minimum absolute atomic E-state index is 0.298. The summed E-state index contributed by atoms with van der Waals surface area (Å²) in [4.78, 5) is 21.2. The van der Waals surface area contributed by atoms with Crippen LogP contribution in [0, 0.1) is 0 Å². The van der Waals surface area contributed by atoms with Crippen molar-refractivity contribution in [3.8, 4) is 22.8 Å². The van der Waals surface area contributed by atoms with Crippen LogP contribution in [0.15, 0.2) is 78.9 Å². The number of hydrogen-bond donors (Lipinski definition) is 3. The average molecular weight is 454 g/mol. The molecule has 8 heteroatoms. The number of H-pyrrole nitrogens is 2. The summed E-state index contributed by atoms with van der Waals surface area (Å²) in [5.41, 5.74) is 4.40. The number of imidazole rings is 1. The van der Waals surface area contributed by atoms with Crippen LogP contribution in [0.25, 0.3) is 22.3 Å². The Hall–Kier alpha value is -4.59. The van der Waals surface area contributed by atoms with Gasteiger partial charge in [-0.25, -0.2) is 4.98 Å². The van der Waals surface area contributed by atoms with Crippen molar-refractivity contribution in [1.29, 1.82) is 0 Å². The minimum Gasteiger partial charge on any atom is -0.493 e. The first-order chi connectivity index (χ1) is 16.7. The molecule has 0 aliphatic heterocycles. The Morgan fingerprint density at radius 2 is 1.68 bits per heavy atom. The van der Waals surface area contributed by atoms with E-state index in [2.05, 4.69) is 20.5 Å². The van der Waals surface area contributed by atoms with Gasteiger partial charge in [0.05, 0.1) is 30.9 Å². The van der Waals surface area contributed by atoms with Crippen LogP contribution in [0.3, 0.4) is 0 Å². The van der Waals surface area contributed by atoms with Gasteiger partial charge in [-0.1, -0.05) is 42.5 Å². The third-order valence-corrected chi connectivity index (χ3v) is 5.59. The molecule has 5 rings (SSSR count). The number of rotatable bonds is 7. The lowest BCUT2D eigenvalue weighted by molar-refractivity contribution is 0.0936. The molecular formula is C26H23N5O3. The first-order valence-corrected chi connectivity index (χ1v) is 10.7. The Bertz CT molecular complexity index is 1410. The van der Waals surface area contributed by atoms with E-state index in [1.54, 1.807) is 26.4 Å². The summed E-state index contributed by atoms with van der Waals surface area (Å²) < 4.78 is 10.7. The minimum atomic E-state index is -0.464. The molecule has 0 saturated carbocycles. The van der Waals surface area contributed by atoms with Crippen molar-refractivity contribution in [2.75, 3.05) is 14.2 Å². The zero-order valence-electron chi connectivity index (χ0n) is 18.7. The highest BCUT2D eigenvalue weighted by Crippen LogP contribution is 2.32. The van der Waals surface area contributed by atoms with Crippen molar-refractivity contribution in [3.63, 3.8) is 0 Å². The van der Waals surface area contributed by atoms with Gasteiger partial charge in [-0.15, -0.1) is 0 Å². The fraction of sp³-hybridized carbons (Fsp3) is 0.115. The molecule has 3 aromatic carbocycles. The molecule has 0 spiro atoms. The Morgan fingerprint density at radius 1 is 0.912 bits per heavy atom. The van der Waals surface area contributed by atoms with E-state index in [0.29, 0.717) is 28.7 Å². The van der Waals surface area contributed by atoms with Crippen LogP contribution < -0.4 is 14.8 Å². The monoisotopic (exact) mass is 453 g/mol. The molecule has 0 saturated heterocycles. The lowest BCUT2D eigenvalue weighted by Crippen LogP contribution is -2.30. The Labute approximate surface area is 196 Å². The fourth-order valence-electron chi connectivity index (χ4n) is 3.85. The van der Waals surface area contributed by atoms with Gasteiger partial charge in [0.1, 0.15) is 17.6 Å². The van der Waals surface area contributed by atoms with Crippen LogP contribution in [-0.4, -0.2) is 40.3 Å². The SMILES string of the molecule is COc1ccc(-c2cc(C(=O)N[C@@H](c3ccccc3)c3nc4ccccc4[nH]3)[nH]n2)cc1OC. The predicted molar refractivity (Wildman–Crippen MR) is 129 cm³/mol. The van der Waals surface area contributed by atoms with Crippen molar-refractivity contribution >= 4 is 16.9 Å². The predicted octanol–water partition coefficient (Wildman–Crippen LogP) is 4.49. The molecule has 2 aromatic heterocycles. The Kier molecular flexibility index (Phi) is 5.70. The van der Waals surface area contributed by atoms with Gasteiger partial charge in [0.2, 0.25) is 0 Å². The van der Waals surface area contributed by atoms with E-state index in [-0.39, 0.29) is 5.91 Å². The second-order valence-electron chi connectivity index (χ2n) is 7.69. The number of ether oxygens (including phenoxy) is 2. The zero-order valence-corrected chi connectivity index (χ0v) is 18.7. The first-order valence-electron chi connectivity index (χ1n) is 10.7. The smallest absolute Gasteiger partial charge is 0.270 e. The standard InChI is InChI=1S/C26H23N5O3/c1-33-22-13-12-17(14-23(22)34-2)20-15-21(31-30-20)26(32)29-24(16-8-4-3-5-9-16)25-27-18-10-6-7-11-19(18)28-25/h3-15,24H,1-2H3,(H,27,28)(H,29,32)(H,30,31)/t24-/m0/s1. The molecular weight excluding hydrogens is 430 g/mol. The highest BCUT2D eigenvalue weighted by atomic mass is 16.5. The van der Waals surface area contributed by atoms with E-state index in [4.69, 9.17) is 14.5 Å².